The zero-order chi connectivity index (χ0) is 21.2. The first-order chi connectivity index (χ1) is 14.4. The molecule has 0 radical (unpaired) electrons. The Labute approximate surface area is 172 Å². The van der Waals surface area contributed by atoms with Crippen LogP contribution in [0.2, 0.25) is 0 Å². The van der Waals surface area contributed by atoms with Gasteiger partial charge in [-0.1, -0.05) is 0 Å². The van der Waals surface area contributed by atoms with Gasteiger partial charge < -0.3 is 24.7 Å². The summed E-state index contributed by atoms with van der Waals surface area (Å²) >= 11 is 0. The first-order valence-corrected chi connectivity index (χ1v) is 9.74. The Balaban J connectivity index is 1.86. The van der Waals surface area contributed by atoms with E-state index in [9.17, 15) is 9.59 Å². The number of methoxy groups -OCH3 is 2. The van der Waals surface area contributed by atoms with Crippen LogP contribution in [0.5, 0.6) is 11.5 Å². The number of aromatic nitrogens is 1. The van der Waals surface area contributed by atoms with Gasteiger partial charge in [0.15, 0.2) is 23.7 Å². The Hall–Kier alpha value is -3.10. The van der Waals surface area contributed by atoms with Crippen molar-refractivity contribution in [3.05, 3.63) is 51.0 Å². The molecule has 1 aliphatic carbocycles. The molecule has 1 unspecified atom stereocenters. The summed E-state index contributed by atoms with van der Waals surface area (Å²) in [7, 11) is 3.02. The molecule has 8 nitrogen and oxygen atoms in total. The van der Waals surface area contributed by atoms with Crippen molar-refractivity contribution in [2.24, 2.45) is 5.73 Å². The SMILES string of the molecule is COc1cc2c(=O)c(CCN)c3n(c2cc1OC)C(=O)C1=C3CC2(C)OCOC2=C1. The van der Waals surface area contributed by atoms with Crippen LogP contribution in [0.3, 0.4) is 0 Å². The highest BCUT2D eigenvalue weighted by molar-refractivity contribution is 6.15. The lowest BCUT2D eigenvalue weighted by Gasteiger charge is -2.26. The Morgan fingerprint density at radius 3 is 2.63 bits per heavy atom. The number of carbonyl (C=O) groups excluding carboxylic acids is 1. The number of carbonyl (C=O) groups is 1. The van der Waals surface area contributed by atoms with E-state index in [0.717, 1.165) is 5.57 Å². The van der Waals surface area contributed by atoms with E-state index in [1.54, 1.807) is 22.8 Å². The average molecular weight is 410 g/mol. The number of hydrogen-bond donors (Lipinski definition) is 1. The normalized spacial score (nSPS) is 21.9. The smallest absolute Gasteiger partial charge is 0.263 e. The van der Waals surface area contributed by atoms with Crippen LogP contribution < -0.4 is 20.6 Å². The summed E-state index contributed by atoms with van der Waals surface area (Å²) in [4.78, 5) is 27.0. The minimum atomic E-state index is -0.656. The van der Waals surface area contributed by atoms with Gasteiger partial charge in [0.25, 0.3) is 5.91 Å². The van der Waals surface area contributed by atoms with Crippen LogP contribution in [0.15, 0.2) is 34.3 Å². The number of ether oxygens (including phenoxy) is 4. The molecule has 2 N–H and O–H groups in total. The molecule has 0 bridgehead atoms. The number of fused-ring (bicyclic) bond motifs is 5. The van der Waals surface area contributed by atoms with Crippen LogP contribution in [0.25, 0.3) is 16.5 Å². The maximum Gasteiger partial charge on any atom is 0.263 e. The Kier molecular flexibility index (Phi) is 4.06. The van der Waals surface area contributed by atoms with E-state index in [4.69, 9.17) is 24.7 Å². The first kappa shape index (κ1) is 18.9. The maximum atomic E-state index is 13.5. The van der Waals surface area contributed by atoms with Gasteiger partial charge in [-0.15, -0.1) is 0 Å². The lowest BCUT2D eigenvalue weighted by molar-refractivity contribution is 0.00512. The van der Waals surface area contributed by atoms with Crippen molar-refractivity contribution >= 4 is 22.4 Å². The summed E-state index contributed by atoms with van der Waals surface area (Å²) in [6.45, 7) is 2.36. The van der Waals surface area contributed by atoms with E-state index in [1.807, 2.05) is 6.92 Å². The molecule has 0 spiro atoms. The lowest BCUT2D eigenvalue weighted by Crippen LogP contribution is -2.29. The largest absolute Gasteiger partial charge is 0.493 e. The fourth-order valence-electron chi connectivity index (χ4n) is 4.62. The molecular weight excluding hydrogens is 388 g/mol. The van der Waals surface area contributed by atoms with Crippen LogP contribution in [-0.4, -0.2) is 43.6 Å². The molecule has 0 amide bonds. The molecule has 3 heterocycles. The van der Waals surface area contributed by atoms with Gasteiger partial charge in [0.1, 0.15) is 11.4 Å². The third kappa shape index (κ3) is 2.34. The molecule has 30 heavy (non-hydrogen) atoms. The summed E-state index contributed by atoms with van der Waals surface area (Å²) < 4.78 is 23.8. The lowest BCUT2D eigenvalue weighted by atomic mass is 9.84. The Bertz CT molecular complexity index is 1240. The molecule has 3 aliphatic rings. The van der Waals surface area contributed by atoms with Gasteiger partial charge in [-0.05, 0) is 37.6 Å². The number of benzene rings is 1. The summed E-state index contributed by atoms with van der Waals surface area (Å²) in [6.07, 6.45) is 2.54. The third-order valence-corrected chi connectivity index (χ3v) is 6.11. The molecule has 0 saturated carbocycles. The van der Waals surface area contributed by atoms with Crippen molar-refractivity contribution in [1.29, 1.82) is 0 Å². The average Bonchev–Trinajstić information content (AvgIpc) is 3.25. The second kappa shape index (κ2) is 6.45. The fourth-order valence-corrected chi connectivity index (χ4v) is 4.62. The minimum Gasteiger partial charge on any atom is -0.493 e. The molecule has 8 heteroatoms. The summed E-state index contributed by atoms with van der Waals surface area (Å²) in [6, 6.07) is 3.29. The molecule has 156 valence electrons. The van der Waals surface area contributed by atoms with Crippen LogP contribution in [0.4, 0.5) is 0 Å². The predicted molar refractivity (Wildman–Crippen MR) is 110 cm³/mol. The standard InChI is InChI=1S/C22H22N2O6/c1-22-9-14-12(7-18(22)29-10-30-22)21(26)24-15-8-17(28-3)16(27-2)6-13(15)20(25)11(4-5-23)19(14)24/h6-8H,4-5,9-10,23H2,1-3H3. The van der Waals surface area contributed by atoms with Gasteiger partial charge in [0, 0.05) is 23.6 Å². The van der Waals surface area contributed by atoms with Crippen molar-refractivity contribution in [1.82, 2.24) is 4.57 Å². The number of pyridine rings is 1. The van der Waals surface area contributed by atoms with E-state index in [1.165, 1.54) is 14.2 Å². The van der Waals surface area contributed by atoms with Gasteiger partial charge >= 0.3 is 0 Å². The second-order valence-corrected chi connectivity index (χ2v) is 7.77. The fraction of sp³-hybridized carbons (Fsp3) is 0.364. The van der Waals surface area contributed by atoms with E-state index >= 15 is 0 Å². The van der Waals surface area contributed by atoms with Crippen molar-refractivity contribution in [2.75, 3.05) is 27.6 Å². The molecule has 1 aromatic carbocycles. The Morgan fingerprint density at radius 1 is 1.20 bits per heavy atom. The number of nitrogens with two attached hydrogens (primary N) is 1. The number of allylic oxidation sites excluding steroid dienone is 2. The number of hydrogen-bond acceptors (Lipinski definition) is 7. The highest BCUT2D eigenvalue weighted by Crippen LogP contribution is 2.48. The first-order valence-electron chi connectivity index (χ1n) is 9.74. The van der Waals surface area contributed by atoms with E-state index < -0.39 is 5.60 Å². The third-order valence-electron chi connectivity index (χ3n) is 6.11. The second-order valence-electron chi connectivity index (χ2n) is 7.77. The van der Waals surface area contributed by atoms with E-state index in [2.05, 4.69) is 0 Å². The monoisotopic (exact) mass is 410 g/mol. The van der Waals surface area contributed by atoms with Gasteiger partial charge in [-0.25, -0.2) is 0 Å². The predicted octanol–water partition coefficient (Wildman–Crippen LogP) is 1.98. The van der Waals surface area contributed by atoms with Crippen LogP contribution in [0, 0.1) is 0 Å². The molecular formula is C22H22N2O6. The molecule has 1 aromatic heterocycles. The number of nitrogens with zero attached hydrogens (tertiary/aromatic N) is 1. The summed E-state index contributed by atoms with van der Waals surface area (Å²) in [5.74, 6) is 1.29. The van der Waals surface area contributed by atoms with E-state index in [-0.39, 0.29) is 24.7 Å². The van der Waals surface area contributed by atoms with Crippen molar-refractivity contribution in [3.8, 4) is 11.5 Å². The molecule has 1 fully saturated rings. The highest BCUT2D eigenvalue weighted by Gasteiger charge is 2.46. The van der Waals surface area contributed by atoms with Gasteiger partial charge in [-0.3, -0.25) is 14.2 Å². The van der Waals surface area contributed by atoms with Crippen molar-refractivity contribution in [3.63, 3.8) is 0 Å². The van der Waals surface area contributed by atoms with Gasteiger partial charge in [-0.2, -0.15) is 0 Å². The van der Waals surface area contributed by atoms with Crippen molar-refractivity contribution < 1.29 is 23.7 Å². The zero-order valence-electron chi connectivity index (χ0n) is 17.0. The summed E-state index contributed by atoms with van der Waals surface area (Å²) in [5.41, 5.74) is 7.93. The molecule has 2 aromatic rings. The molecule has 5 rings (SSSR count). The minimum absolute atomic E-state index is 0.147. The summed E-state index contributed by atoms with van der Waals surface area (Å²) in [5, 5.41) is 0.389. The van der Waals surface area contributed by atoms with Crippen molar-refractivity contribution in [2.45, 2.75) is 25.4 Å². The topological polar surface area (TPSA) is 102 Å². The van der Waals surface area contributed by atoms with Crippen LogP contribution in [0.1, 0.15) is 29.4 Å². The maximum absolute atomic E-state index is 13.5. The number of rotatable bonds is 4. The quantitative estimate of drug-likeness (QED) is 0.822. The zero-order valence-corrected chi connectivity index (χ0v) is 17.0. The molecule has 1 saturated heterocycles. The van der Waals surface area contributed by atoms with E-state index in [0.29, 0.717) is 57.8 Å². The van der Waals surface area contributed by atoms with Crippen LogP contribution >= 0.6 is 0 Å². The highest BCUT2D eigenvalue weighted by atomic mass is 16.7. The molecule has 1 atom stereocenters. The van der Waals surface area contributed by atoms with Crippen LogP contribution in [-0.2, 0) is 15.9 Å². The van der Waals surface area contributed by atoms with Gasteiger partial charge in [0.05, 0.1) is 30.8 Å². The molecule has 2 aliphatic heterocycles. The van der Waals surface area contributed by atoms with Gasteiger partial charge in [0.2, 0.25) is 0 Å². The Morgan fingerprint density at radius 2 is 1.93 bits per heavy atom.